The molecular formula is C27H32BrClFN3O4S. The molecule has 3 rings (SSSR count). The number of hydrogen-bond donors (Lipinski definition) is 2. The summed E-state index contributed by atoms with van der Waals surface area (Å²) in [5.74, 6) is -0.162. The zero-order valence-corrected chi connectivity index (χ0v) is 24.8. The Morgan fingerprint density at radius 3 is 2.47 bits per heavy atom. The molecule has 0 amide bonds. The molecule has 7 nitrogen and oxygen atoms in total. The first-order chi connectivity index (χ1) is 17.9. The molecule has 0 unspecified atom stereocenters. The third-order valence-corrected chi connectivity index (χ3v) is 8.16. The lowest BCUT2D eigenvalue weighted by atomic mass is 10.1. The van der Waals surface area contributed by atoms with Crippen molar-refractivity contribution in [2.24, 2.45) is 0 Å². The quantitative estimate of drug-likeness (QED) is 0.162. The molecule has 1 heterocycles. The van der Waals surface area contributed by atoms with E-state index in [2.05, 4.69) is 30.6 Å². The number of ether oxygens (including phenoxy) is 1. The number of sulfonamides is 1. The van der Waals surface area contributed by atoms with E-state index in [1.807, 2.05) is 20.8 Å². The van der Waals surface area contributed by atoms with E-state index in [0.717, 1.165) is 25.7 Å². The van der Waals surface area contributed by atoms with Gasteiger partial charge in [-0.3, -0.25) is 4.79 Å². The summed E-state index contributed by atoms with van der Waals surface area (Å²) in [4.78, 5) is 19.1. The SMILES string of the molecule is CC(C)(C)OC(=O)CCCCCCCNS(=O)(=O)c1cc(-c2ncc(-c3ccc(Br)c(F)c3)[nH]2)ccc1Cl. The van der Waals surface area contributed by atoms with Crippen LogP contribution in [0, 0.1) is 5.82 Å². The van der Waals surface area contributed by atoms with Crippen LogP contribution in [0.2, 0.25) is 5.02 Å². The number of nitrogens with one attached hydrogen (secondary N) is 2. The van der Waals surface area contributed by atoms with Crippen molar-refractivity contribution >= 4 is 43.5 Å². The van der Waals surface area contributed by atoms with Gasteiger partial charge in [0.2, 0.25) is 10.0 Å². The fourth-order valence-corrected chi connectivity index (χ4v) is 5.58. The molecule has 11 heteroatoms. The number of unbranched alkanes of at least 4 members (excludes halogenated alkanes) is 4. The van der Waals surface area contributed by atoms with Gasteiger partial charge in [0.1, 0.15) is 22.1 Å². The summed E-state index contributed by atoms with van der Waals surface area (Å²) in [7, 11) is -3.84. The van der Waals surface area contributed by atoms with Crippen LogP contribution in [-0.4, -0.2) is 36.5 Å². The highest BCUT2D eigenvalue weighted by Crippen LogP contribution is 2.29. The number of aromatic nitrogens is 2. The normalized spacial score (nSPS) is 12.1. The first kappa shape index (κ1) is 30.3. The van der Waals surface area contributed by atoms with Crippen LogP contribution < -0.4 is 4.72 Å². The lowest BCUT2D eigenvalue weighted by molar-refractivity contribution is -0.154. The van der Waals surface area contributed by atoms with E-state index in [9.17, 15) is 17.6 Å². The van der Waals surface area contributed by atoms with E-state index < -0.39 is 21.4 Å². The molecule has 2 aromatic carbocycles. The predicted molar refractivity (Wildman–Crippen MR) is 151 cm³/mol. The van der Waals surface area contributed by atoms with Crippen LogP contribution in [-0.2, 0) is 19.6 Å². The van der Waals surface area contributed by atoms with Crippen molar-refractivity contribution in [2.75, 3.05) is 6.54 Å². The summed E-state index contributed by atoms with van der Waals surface area (Å²) in [5, 5.41) is 0.102. The maximum atomic E-state index is 13.9. The van der Waals surface area contributed by atoms with Crippen LogP contribution in [0.15, 0.2) is 52.0 Å². The summed E-state index contributed by atoms with van der Waals surface area (Å²) in [6, 6.07) is 9.37. The van der Waals surface area contributed by atoms with E-state index in [-0.39, 0.29) is 22.4 Å². The second kappa shape index (κ2) is 13.2. The Labute approximate surface area is 236 Å². The molecular weight excluding hydrogens is 597 g/mol. The third kappa shape index (κ3) is 8.90. The molecule has 0 aliphatic carbocycles. The van der Waals surface area contributed by atoms with Crippen molar-refractivity contribution in [1.82, 2.24) is 14.7 Å². The molecule has 2 N–H and O–H groups in total. The number of benzene rings is 2. The van der Waals surface area contributed by atoms with Gasteiger partial charge in [0.15, 0.2) is 0 Å². The molecule has 0 saturated carbocycles. The molecule has 0 aliphatic heterocycles. The molecule has 0 bridgehead atoms. The standard InChI is InChI=1S/C27H32BrClFN3O4S/c1-27(2,3)37-25(34)9-7-5-4-6-8-14-32-38(35,36)24-16-19(11-13-21(24)29)26-31-17-23(33-26)18-10-12-20(28)22(30)15-18/h10-13,15-17,32H,4-9,14H2,1-3H3,(H,31,33). The molecule has 0 spiro atoms. The lowest BCUT2D eigenvalue weighted by Crippen LogP contribution is -2.25. The number of hydrogen-bond acceptors (Lipinski definition) is 5. The van der Waals surface area contributed by atoms with Crippen molar-refractivity contribution in [1.29, 1.82) is 0 Å². The highest BCUT2D eigenvalue weighted by molar-refractivity contribution is 9.10. The molecule has 0 radical (unpaired) electrons. The Bertz CT molecular complexity index is 1370. The van der Waals surface area contributed by atoms with Crippen LogP contribution >= 0.6 is 27.5 Å². The van der Waals surface area contributed by atoms with Crippen LogP contribution in [0.1, 0.15) is 59.3 Å². The smallest absolute Gasteiger partial charge is 0.306 e. The van der Waals surface area contributed by atoms with Crippen LogP contribution in [0.25, 0.3) is 22.6 Å². The van der Waals surface area contributed by atoms with Crippen LogP contribution in [0.3, 0.4) is 0 Å². The van der Waals surface area contributed by atoms with Crippen molar-refractivity contribution in [3.05, 3.63) is 57.9 Å². The Balaban J connectivity index is 1.52. The summed E-state index contributed by atoms with van der Waals surface area (Å²) in [6.07, 6.45) is 5.95. The van der Waals surface area contributed by atoms with Gasteiger partial charge < -0.3 is 9.72 Å². The summed E-state index contributed by atoms with van der Waals surface area (Å²) in [5.41, 5.74) is 1.26. The molecule has 0 aliphatic rings. The van der Waals surface area contributed by atoms with Gasteiger partial charge in [-0.05, 0) is 79.9 Å². The summed E-state index contributed by atoms with van der Waals surface area (Å²) >= 11 is 9.37. The zero-order chi connectivity index (χ0) is 27.9. The monoisotopic (exact) mass is 627 g/mol. The molecule has 0 fully saturated rings. The van der Waals surface area contributed by atoms with Crippen molar-refractivity contribution in [3.63, 3.8) is 0 Å². The fourth-order valence-electron chi connectivity index (χ4n) is 3.74. The average Bonchev–Trinajstić information content (AvgIpc) is 3.32. The van der Waals surface area contributed by atoms with Gasteiger partial charge in [-0.15, -0.1) is 0 Å². The summed E-state index contributed by atoms with van der Waals surface area (Å²) < 4.78 is 48.0. The maximum absolute atomic E-state index is 13.9. The maximum Gasteiger partial charge on any atom is 0.306 e. The number of halogens is 3. The molecule has 38 heavy (non-hydrogen) atoms. The second-order valence-corrected chi connectivity index (χ2v) is 12.9. The number of nitrogens with zero attached hydrogens (tertiary/aromatic N) is 1. The first-order valence-corrected chi connectivity index (χ1v) is 15.0. The molecule has 0 atom stereocenters. The number of carbonyl (C=O) groups is 1. The van der Waals surface area contributed by atoms with E-state index in [1.54, 1.807) is 24.4 Å². The van der Waals surface area contributed by atoms with Crippen molar-refractivity contribution in [2.45, 2.75) is 69.8 Å². The Hall–Kier alpha value is -2.27. The minimum Gasteiger partial charge on any atom is -0.460 e. The Morgan fingerprint density at radius 2 is 1.76 bits per heavy atom. The van der Waals surface area contributed by atoms with Gasteiger partial charge in [0.25, 0.3) is 0 Å². The van der Waals surface area contributed by atoms with E-state index >= 15 is 0 Å². The van der Waals surface area contributed by atoms with Gasteiger partial charge in [0.05, 0.1) is 21.4 Å². The Morgan fingerprint density at radius 1 is 1.08 bits per heavy atom. The predicted octanol–water partition coefficient (Wildman–Crippen LogP) is 7.26. The number of esters is 1. The highest BCUT2D eigenvalue weighted by Gasteiger charge is 2.20. The van der Waals surface area contributed by atoms with Gasteiger partial charge in [0, 0.05) is 24.1 Å². The van der Waals surface area contributed by atoms with E-state index in [0.29, 0.717) is 40.0 Å². The zero-order valence-electron chi connectivity index (χ0n) is 21.6. The fraction of sp³-hybridized carbons (Fsp3) is 0.407. The van der Waals surface area contributed by atoms with E-state index in [4.69, 9.17) is 16.3 Å². The number of carbonyl (C=O) groups excluding carboxylic acids is 1. The van der Waals surface area contributed by atoms with Gasteiger partial charge in [-0.25, -0.2) is 22.5 Å². The first-order valence-electron chi connectivity index (χ1n) is 12.4. The largest absolute Gasteiger partial charge is 0.460 e. The van der Waals surface area contributed by atoms with Gasteiger partial charge in [-0.2, -0.15) is 0 Å². The number of imidazole rings is 1. The number of aromatic amines is 1. The highest BCUT2D eigenvalue weighted by atomic mass is 79.9. The van der Waals surface area contributed by atoms with Crippen molar-refractivity contribution < 1.29 is 22.3 Å². The number of H-pyrrole nitrogens is 1. The molecule has 3 aromatic rings. The average molecular weight is 629 g/mol. The molecule has 1 aromatic heterocycles. The Kier molecular flexibility index (Phi) is 10.5. The summed E-state index contributed by atoms with van der Waals surface area (Å²) in [6.45, 7) is 5.80. The van der Waals surface area contributed by atoms with E-state index in [1.165, 1.54) is 18.2 Å². The van der Waals surface area contributed by atoms with Crippen LogP contribution in [0.4, 0.5) is 4.39 Å². The lowest BCUT2D eigenvalue weighted by Gasteiger charge is -2.19. The number of rotatable bonds is 12. The van der Waals surface area contributed by atoms with Gasteiger partial charge in [-0.1, -0.05) is 36.9 Å². The topological polar surface area (TPSA) is 101 Å². The second-order valence-electron chi connectivity index (χ2n) is 9.92. The minimum absolute atomic E-state index is 0.0401. The minimum atomic E-state index is -3.84. The van der Waals surface area contributed by atoms with Crippen molar-refractivity contribution in [3.8, 4) is 22.6 Å². The van der Waals surface area contributed by atoms with Gasteiger partial charge >= 0.3 is 5.97 Å². The molecule has 0 saturated heterocycles. The van der Waals surface area contributed by atoms with Crippen LogP contribution in [0.5, 0.6) is 0 Å². The third-order valence-electron chi connectivity index (χ3n) is 5.57. The molecule has 206 valence electrons.